The molecule has 3 nitrogen and oxygen atoms in total. The summed E-state index contributed by atoms with van der Waals surface area (Å²) in [6.07, 6.45) is 2.16. The molecule has 1 aromatic rings. The van der Waals surface area contributed by atoms with E-state index in [9.17, 15) is 0 Å². The van der Waals surface area contributed by atoms with E-state index < -0.39 is 0 Å². The molecule has 0 bridgehead atoms. The van der Waals surface area contributed by atoms with Crippen molar-refractivity contribution in [3.63, 3.8) is 0 Å². The molecule has 0 aromatic heterocycles. The van der Waals surface area contributed by atoms with Crippen molar-refractivity contribution in [2.24, 2.45) is 17.4 Å². The van der Waals surface area contributed by atoms with E-state index in [1.165, 1.54) is 11.1 Å². The monoisotopic (exact) mass is 306 g/mol. The van der Waals surface area contributed by atoms with Gasteiger partial charge >= 0.3 is 0 Å². The maximum atomic E-state index is 5.83. The first-order valence-corrected chi connectivity index (χ1v) is 8.54. The maximum absolute atomic E-state index is 5.83. The Morgan fingerprint density at radius 3 is 2.18 bits per heavy atom. The summed E-state index contributed by atoms with van der Waals surface area (Å²) >= 11 is 0. The van der Waals surface area contributed by atoms with Crippen molar-refractivity contribution in [3.8, 4) is 5.75 Å². The number of hydrogen-bond donors (Lipinski definition) is 2. The predicted molar refractivity (Wildman–Crippen MR) is 95.6 cm³/mol. The van der Waals surface area contributed by atoms with E-state index in [0.717, 1.165) is 18.6 Å². The molecule has 4 N–H and O–H groups in total. The van der Waals surface area contributed by atoms with E-state index >= 15 is 0 Å². The van der Waals surface area contributed by atoms with Gasteiger partial charge in [-0.2, -0.15) is 0 Å². The van der Waals surface area contributed by atoms with Crippen LogP contribution >= 0.6 is 0 Å². The molecule has 0 radical (unpaired) electrons. The van der Waals surface area contributed by atoms with Crippen molar-refractivity contribution >= 4 is 0 Å². The first-order chi connectivity index (χ1) is 10.4. The van der Waals surface area contributed by atoms with E-state index in [0.29, 0.717) is 31.5 Å². The first-order valence-electron chi connectivity index (χ1n) is 8.54. The number of rotatable bonds is 8. The third-order valence-electron chi connectivity index (χ3n) is 4.36. The van der Waals surface area contributed by atoms with Gasteiger partial charge in [0.1, 0.15) is 5.75 Å². The quantitative estimate of drug-likeness (QED) is 0.768. The normalized spacial score (nSPS) is 13.5. The van der Waals surface area contributed by atoms with Gasteiger partial charge in [-0.15, -0.1) is 0 Å². The van der Waals surface area contributed by atoms with Gasteiger partial charge in [0.25, 0.3) is 0 Å². The second kappa shape index (κ2) is 8.54. The zero-order valence-corrected chi connectivity index (χ0v) is 15.0. The van der Waals surface area contributed by atoms with Gasteiger partial charge in [-0.25, -0.2) is 0 Å². The number of nitrogens with two attached hydrogens (primary N) is 2. The van der Waals surface area contributed by atoms with Crippen LogP contribution in [0.4, 0.5) is 0 Å². The number of benzene rings is 1. The third kappa shape index (κ3) is 4.99. The molecule has 1 atom stereocenters. The van der Waals surface area contributed by atoms with Crippen LogP contribution in [0.5, 0.6) is 5.75 Å². The van der Waals surface area contributed by atoms with E-state index in [1.54, 1.807) is 0 Å². The standard InChI is InChI=1S/C19H34N2O/c1-6-15(10-14(12-20)13-21)16-8-9-18(22-7-2)17(11-16)19(3,4)5/h8-9,11,14-15H,6-7,10,12-13,20-21H2,1-5H3. The van der Waals surface area contributed by atoms with Gasteiger partial charge in [0.2, 0.25) is 0 Å². The molecule has 0 spiro atoms. The second-order valence-corrected chi connectivity index (χ2v) is 7.12. The fourth-order valence-corrected chi connectivity index (χ4v) is 2.90. The van der Waals surface area contributed by atoms with Crippen LogP contribution in [0.3, 0.4) is 0 Å². The van der Waals surface area contributed by atoms with Crippen LogP contribution in [0, 0.1) is 5.92 Å². The first kappa shape index (κ1) is 19.0. The molecule has 1 rings (SSSR count). The predicted octanol–water partition coefficient (Wildman–Crippen LogP) is 3.80. The minimum Gasteiger partial charge on any atom is -0.494 e. The van der Waals surface area contributed by atoms with Gasteiger partial charge < -0.3 is 16.2 Å². The summed E-state index contributed by atoms with van der Waals surface area (Å²) in [5.41, 5.74) is 14.4. The average molecular weight is 306 g/mol. The van der Waals surface area contributed by atoms with Crippen molar-refractivity contribution < 1.29 is 4.74 Å². The molecule has 0 aliphatic carbocycles. The number of ether oxygens (including phenoxy) is 1. The Labute approximate surface area is 136 Å². The highest BCUT2D eigenvalue weighted by Gasteiger charge is 2.22. The van der Waals surface area contributed by atoms with Gasteiger partial charge in [0, 0.05) is 0 Å². The Balaban J connectivity index is 3.12. The van der Waals surface area contributed by atoms with Crippen LogP contribution in [-0.2, 0) is 5.41 Å². The Morgan fingerprint density at radius 2 is 1.73 bits per heavy atom. The maximum Gasteiger partial charge on any atom is 0.123 e. The zero-order chi connectivity index (χ0) is 16.8. The molecule has 0 fully saturated rings. The highest BCUT2D eigenvalue weighted by molar-refractivity contribution is 5.42. The average Bonchev–Trinajstić information content (AvgIpc) is 2.48. The van der Waals surface area contributed by atoms with E-state index in [2.05, 4.69) is 45.9 Å². The minimum atomic E-state index is 0.0694. The molecule has 0 aliphatic rings. The summed E-state index contributed by atoms with van der Waals surface area (Å²) in [6, 6.07) is 6.66. The Hall–Kier alpha value is -1.06. The van der Waals surface area contributed by atoms with Crippen molar-refractivity contribution in [1.82, 2.24) is 0 Å². The van der Waals surface area contributed by atoms with Gasteiger partial charge in [-0.3, -0.25) is 0 Å². The van der Waals surface area contributed by atoms with Crippen molar-refractivity contribution in [2.75, 3.05) is 19.7 Å². The van der Waals surface area contributed by atoms with Crippen molar-refractivity contribution in [1.29, 1.82) is 0 Å². The molecule has 0 amide bonds. The lowest BCUT2D eigenvalue weighted by molar-refractivity contribution is 0.329. The molecule has 22 heavy (non-hydrogen) atoms. The molecule has 0 saturated heterocycles. The van der Waals surface area contributed by atoms with Crippen LogP contribution in [0.25, 0.3) is 0 Å². The molecule has 0 aliphatic heterocycles. The lowest BCUT2D eigenvalue weighted by atomic mass is 9.81. The van der Waals surface area contributed by atoms with Gasteiger partial charge in [-0.05, 0) is 67.3 Å². The van der Waals surface area contributed by atoms with Crippen molar-refractivity contribution in [2.45, 2.75) is 58.8 Å². The van der Waals surface area contributed by atoms with Crippen LogP contribution in [0.2, 0.25) is 0 Å². The molecule has 3 heteroatoms. The molecular formula is C19H34N2O. The zero-order valence-electron chi connectivity index (χ0n) is 15.0. The Bertz CT molecular complexity index is 447. The largest absolute Gasteiger partial charge is 0.494 e. The molecule has 126 valence electrons. The van der Waals surface area contributed by atoms with Gasteiger partial charge in [0.15, 0.2) is 0 Å². The fraction of sp³-hybridized carbons (Fsp3) is 0.684. The summed E-state index contributed by atoms with van der Waals surface area (Å²) in [6.45, 7) is 13.0. The molecular weight excluding hydrogens is 272 g/mol. The fourth-order valence-electron chi connectivity index (χ4n) is 2.90. The van der Waals surface area contributed by atoms with Crippen LogP contribution in [-0.4, -0.2) is 19.7 Å². The van der Waals surface area contributed by atoms with Crippen LogP contribution in [0.1, 0.15) is 64.5 Å². The van der Waals surface area contributed by atoms with Crippen molar-refractivity contribution in [3.05, 3.63) is 29.3 Å². The lowest BCUT2D eigenvalue weighted by Crippen LogP contribution is -2.25. The molecule has 0 heterocycles. The highest BCUT2D eigenvalue weighted by Crippen LogP contribution is 2.36. The van der Waals surface area contributed by atoms with Gasteiger partial charge in [-0.1, -0.05) is 39.8 Å². The Morgan fingerprint density at radius 1 is 1.09 bits per heavy atom. The smallest absolute Gasteiger partial charge is 0.123 e. The number of hydrogen-bond acceptors (Lipinski definition) is 3. The SMILES string of the molecule is CCOc1ccc(C(CC)CC(CN)CN)cc1C(C)(C)C. The molecule has 1 aromatic carbocycles. The Kier molecular flexibility index (Phi) is 7.37. The summed E-state index contributed by atoms with van der Waals surface area (Å²) in [5, 5.41) is 0. The van der Waals surface area contributed by atoms with E-state index in [4.69, 9.17) is 16.2 Å². The second-order valence-electron chi connectivity index (χ2n) is 7.12. The lowest BCUT2D eigenvalue weighted by Gasteiger charge is -2.26. The van der Waals surface area contributed by atoms with E-state index in [-0.39, 0.29) is 5.41 Å². The summed E-state index contributed by atoms with van der Waals surface area (Å²) in [5.74, 6) is 1.91. The molecule has 0 saturated carbocycles. The summed E-state index contributed by atoms with van der Waals surface area (Å²) < 4.78 is 5.82. The van der Waals surface area contributed by atoms with Gasteiger partial charge in [0.05, 0.1) is 6.61 Å². The third-order valence-corrected chi connectivity index (χ3v) is 4.36. The highest BCUT2D eigenvalue weighted by atomic mass is 16.5. The van der Waals surface area contributed by atoms with Crippen LogP contribution < -0.4 is 16.2 Å². The van der Waals surface area contributed by atoms with Crippen LogP contribution in [0.15, 0.2) is 18.2 Å². The minimum absolute atomic E-state index is 0.0694. The topological polar surface area (TPSA) is 61.3 Å². The van der Waals surface area contributed by atoms with E-state index in [1.807, 2.05) is 6.92 Å². The summed E-state index contributed by atoms with van der Waals surface area (Å²) in [7, 11) is 0. The summed E-state index contributed by atoms with van der Waals surface area (Å²) in [4.78, 5) is 0. The molecule has 1 unspecified atom stereocenters.